The third kappa shape index (κ3) is 5.07. The number of aliphatic hydroxyl groups excluding tert-OH is 1. The van der Waals surface area contributed by atoms with Crippen LogP contribution in [0.3, 0.4) is 0 Å². The second-order valence-corrected chi connectivity index (χ2v) is 13.7. The van der Waals surface area contributed by atoms with E-state index in [0.29, 0.717) is 31.7 Å². The van der Waals surface area contributed by atoms with Gasteiger partial charge in [0.2, 0.25) is 0 Å². The molecule has 40 heavy (non-hydrogen) atoms. The maximum Gasteiger partial charge on any atom is 0.331 e. The number of nitrogens with zero attached hydrogens (tertiary/aromatic N) is 3. The number of carbonyl (C=O) groups is 2. The molecule has 1 heterocycles. The molecule has 4 saturated carbocycles. The first-order valence-electron chi connectivity index (χ1n) is 15.6. The van der Waals surface area contributed by atoms with E-state index in [2.05, 4.69) is 16.9 Å². The second-order valence-electron chi connectivity index (χ2n) is 13.7. The van der Waals surface area contributed by atoms with Crippen LogP contribution in [-0.2, 0) is 19.1 Å². The zero-order chi connectivity index (χ0) is 28.5. The Kier molecular flexibility index (Phi) is 8.57. The Morgan fingerprint density at radius 1 is 1.10 bits per heavy atom. The fourth-order valence-electron chi connectivity index (χ4n) is 9.73. The average Bonchev–Trinajstić information content (AvgIpc) is 3.47. The molecule has 9 nitrogen and oxygen atoms in total. The van der Waals surface area contributed by atoms with Crippen LogP contribution in [0.4, 0.5) is 0 Å². The summed E-state index contributed by atoms with van der Waals surface area (Å²) in [5.74, 6) is 0.299. The van der Waals surface area contributed by atoms with Crippen molar-refractivity contribution in [3.05, 3.63) is 22.1 Å². The Hall–Kier alpha value is -2.09. The third-order valence-electron chi connectivity index (χ3n) is 12.0. The van der Waals surface area contributed by atoms with Crippen LogP contribution < -0.4 is 0 Å². The molecule has 0 unspecified atom stereocenters. The van der Waals surface area contributed by atoms with Gasteiger partial charge in [-0.25, -0.2) is 4.79 Å². The zero-order valence-electron chi connectivity index (χ0n) is 24.2. The molecule has 4 fully saturated rings. The van der Waals surface area contributed by atoms with Gasteiger partial charge in [-0.1, -0.05) is 38.2 Å². The molecular weight excluding hydrogens is 510 g/mol. The van der Waals surface area contributed by atoms with Gasteiger partial charge in [-0.05, 0) is 104 Å². The lowest BCUT2D eigenvalue weighted by atomic mass is 9.42. The summed E-state index contributed by atoms with van der Waals surface area (Å²) in [6.07, 6.45) is 12.7. The number of carbonyl (C=O) groups excluding carboxylic acids is 2. The van der Waals surface area contributed by atoms with Gasteiger partial charge in [0, 0.05) is 29.4 Å². The lowest BCUT2D eigenvalue weighted by molar-refractivity contribution is -0.245. The highest BCUT2D eigenvalue weighted by molar-refractivity contribution is 5.85. The number of azide groups is 1. The lowest BCUT2D eigenvalue weighted by Gasteiger charge is -2.65. The number of fused-ring (bicyclic) bond motifs is 5. The van der Waals surface area contributed by atoms with Crippen molar-refractivity contribution in [3.63, 3.8) is 0 Å². The molecule has 9 heteroatoms. The highest BCUT2D eigenvalue weighted by Crippen LogP contribution is 2.70. The maximum atomic E-state index is 12.6. The van der Waals surface area contributed by atoms with Gasteiger partial charge in [-0.15, -0.1) is 0 Å². The van der Waals surface area contributed by atoms with Crippen molar-refractivity contribution in [2.45, 2.75) is 122 Å². The summed E-state index contributed by atoms with van der Waals surface area (Å²) in [5, 5.41) is 27.6. The van der Waals surface area contributed by atoms with Gasteiger partial charge in [-0.2, -0.15) is 0 Å². The number of cyclic esters (lactones) is 1. The van der Waals surface area contributed by atoms with Crippen LogP contribution in [0.25, 0.3) is 10.4 Å². The molecule has 0 aromatic carbocycles. The Labute approximate surface area is 237 Å². The van der Waals surface area contributed by atoms with Crippen molar-refractivity contribution >= 4 is 11.9 Å². The first kappa shape index (κ1) is 29.4. The third-order valence-corrected chi connectivity index (χ3v) is 12.0. The summed E-state index contributed by atoms with van der Waals surface area (Å²) in [6, 6.07) is 0. The topological polar surface area (TPSA) is 142 Å². The quantitative estimate of drug-likeness (QED) is 0.115. The van der Waals surface area contributed by atoms with Gasteiger partial charge in [0.1, 0.15) is 12.7 Å². The summed E-state index contributed by atoms with van der Waals surface area (Å²) in [4.78, 5) is 27.2. The van der Waals surface area contributed by atoms with E-state index in [-0.39, 0.29) is 47.8 Å². The summed E-state index contributed by atoms with van der Waals surface area (Å²) in [7, 11) is 0. The van der Waals surface area contributed by atoms with E-state index >= 15 is 0 Å². The van der Waals surface area contributed by atoms with Crippen LogP contribution in [0.1, 0.15) is 104 Å². The Morgan fingerprint density at radius 2 is 1.88 bits per heavy atom. The molecule has 0 saturated heterocycles. The van der Waals surface area contributed by atoms with Crippen LogP contribution in [0.2, 0.25) is 0 Å². The molecule has 0 aromatic rings. The largest absolute Gasteiger partial charge is 0.462 e. The molecule has 1 aliphatic heterocycles. The van der Waals surface area contributed by atoms with E-state index in [9.17, 15) is 19.8 Å². The van der Waals surface area contributed by atoms with E-state index < -0.39 is 17.1 Å². The number of hydrogen-bond donors (Lipinski definition) is 2. The molecule has 222 valence electrons. The van der Waals surface area contributed by atoms with Gasteiger partial charge in [-0.3, -0.25) is 4.79 Å². The standard InChI is InChI=1S/C31H47N3O6/c1-29-13-11-22(40-27(36)8-6-4-3-5-7-15-33-34-32)17-21(29)9-10-24-25(29)18-26(35)30(2)23(12-14-31(24,30)38)20-16-28(37)39-19-20/h16,21-26,35,38H,3-15,17-19H2,1-2H3/t21-,22+,23-,24-,25+,26-,29+,30+,31+/m1/s1. The van der Waals surface area contributed by atoms with Gasteiger partial charge >= 0.3 is 11.9 Å². The molecule has 4 aliphatic carbocycles. The summed E-state index contributed by atoms with van der Waals surface area (Å²) >= 11 is 0. The Bertz CT molecular complexity index is 1060. The number of ether oxygens (including phenoxy) is 2. The Balaban J connectivity index is 1.17. The number of unbranched alkanes of at least 4 members (excludes halogenated alkanes) is 4. The molecule has 0 spiro atoms. The molecule has 0 bridgehead atoms. The fraction of sp³-hybridized carbons (Fsp3) is 0.871. The van der Waals surface area contributed by atoms with E-state index in [1.165, 1.54) is 0 Å². The smallest absolute Gasteiger partial charge is 0.331 e. The minimum Gasteiger partial charge on any atom is -0.462 e. The Morgan fingerprint density at radius 3 is 2.62 bits per heavy atom. The zero-order valence-corrected chi connectivity index (χ0v) is 24.2. The fourth-order valence-corrected chi connectivity index (χ4v) is 9.73. The number of rotatable bonds is 10. The van der Waals surface area contributed by atoms with Crippen LogP contribution >= 0.6 is 0 Å². The van der Waals surface area contributed by atoms with Crippen molar-refractivity contribution in [1.29, 1.82) is 0 Å². The van der Waals surface area contributed by atoms with E-state index in [1.807, 2.05) is 6.92 Å². The maximum absolute atomic E-state index is 12.6. The number of esters is 2. The van der Waals surface area contributed by atoms with Crippen molar-refractivity contribution in [2.75, 3.05) is 13.2 Å². The molecule has 5 aliphatic rings. The first-order chi connectivity index (χ1) is 19.1. The van der Waals surface area contributed by atoms with Gasteiger partial charge in [0.05, 0.1) is 11.7 Å². The summed E-state index contributed by atoms with van der Waals surface area (Å²) < 4.78 is 11.2. The van der Waals surface area contributed by atoms with Crippen LogP contribution in [0, 0.1) is 34.5 Å². The van der Waals surface area contributed by atoms with Crippen molar-refractivity contribution in [2.24, 2.45) is 39.6 Å². The van der Waals surface area contributed by atoms with Gasteiger partial charge < -0.3 is 19.7 Å². The first-order valence-corrected chi connectivity index (χ1v) is 15.6. The summed E-state index contributed by atoms with van der Waals surface area (Å²) in [5.41, 5.74) is 7.59. The molecule has 0 aromatic heterocycles. The highest BCUT2D eigenvalue weighted by Gasteiger charge is 2.70. The minimum atomic E-state index is -0.966. The predicted molar refractivity (Wildman–Crippen MR) is 149 cm³/mol. The van der Waals surface area contributed by atoms with Crippen LogP contribution in [0.5, 0.6) is 0 Å². The molecule has 9 atom stereocenters. The van der Waals surface area contributed by atoms with Gasteiger partial charge in [0.25, 0.3) is 0 Å². The minimum absolute atomic E-state index is 0.00322. The predicted octanol–water partition coefficient (Wildman–Crippen LogP) is 5.78. The van der Waals surface area contributed by atoms with E-state index in [4.69, 9.17) is 15.0 Å². The van der Waals surface area contributed by atoms with Crippen molar-refractivity contribution in [1.82, 2.24) is 0 Å². The molecule has 2 N–H and O–H groups in total. The SMILES string of the molecule is C[C@]12CC[C@H](OC(=O)CCCCCCCN=[N+]=[N-])C[C@H]1CC[C@@H]1[C@@H]2C[C@@H](O)[C@]2(C)[C@@H](C3=CC(=O)OC3)CC[C@]12O. The van der Waals surface area contributed by atoms with Crippen molar-refractivity contribution < 1.29 is 29.3 Å². The lowest BCUT2D eigenvalue weighted by Crippen LogP contribution is -2.67. The number of aliphatic hydroxyl groups is 2. The van der Waals surface area contributed by atoms with Crippen molar-refractivity contribution in [3.8, 4) is 0 Å². The molecule has 0 amide bonds. The number of hydrogen-bond acceptors (Lipinski definition) is 7. The monoisotopic (exact) mass is 557 g/mol. The normalized spacial score (nSPS) is 42.1. The summed E-state index contributed by atoms with van der Waals surface area (Å²) in [6.45, 7) is 5.21. The second kappa shape index (κ2) is 11.7. The molecular formula is C31H47N3O6. The van der Waals surface area contributed by atoms with E-state index in [0.717, 1.165) is 76.2 Å². The van der Waals surface area contributed by atoms with Crippen LogP contribution in [-0.4, -0.2) is 53.1 Å². The molecule has 5 rings (SSSR count). The van der Waals surface area contributed by atoms with Crippen LogP contribution in [0.15, 0.2) is 16.8 Å². The van der Waals surface area contributed by atoms with E-state index in [1.54, 1.807) is 6.08 Å². The molecule has 0 radical (unpaired) electrons. The van der Waals surface area contributed by atoms with Gasteiger partial charge in [0.15, 0.2) is 0 Å². The average molecular weight is 558 g/mol. The highest BCUT2D eigenvalue weighted by atomic mass is 16.5.